The number of ether oxygens (including phenoxy) is 1. The number of hydrogen-bond acceptors (Lipinski definition) is 3. The smallest absolute Gasteiger partial charge is 0.0476 e. The molecule has 0 radical (unpaired) electrons. The molecule has 0 aromatic heterocycles. The van der Waals surface area contributed by atoms with Gasteiger partial charge in [-0.05, 0) is 51.7 Å². The summed E-state index contributed by atoms with van der Waals surface area (Å²) >= 11 is 0. The lowest BCUT2D eigenvalue weighted by Gasteiger charge is -2.32. The standard InChI is InChI=1S/C13H28N2O/c1-4-15-8-5-6-13(11-15)10-14-12(2)7-9-16-3/h12-14H,4-11H2,1-3H3. The zero-order valence-corrected chi connectivity index (χ0v) is 11.2. The van der Waals surface area contributed by atoms with E-state index in [-0.39, 0.29) is 0 Å². The maximum absolute atomic E-state index is 5.09. The van der Waals surface area contributed by atoms with Crippen LogP contribution in [0.25, 0.3) is 0 Å². The number of hydrogen-bond donors (Lipinski definition) is 1. The Morgan fingerprint density at radius 2 is 2.31 bits per heavy atom. The molecule has 0 aromatic rings. The number of nitrogens with one attached hydrogen (secondary N) is 1. The van der Waals surface area contributed by atoms with Crippen molar-refractivity contribution in [2.24, 2.45) is 5.92 Å². The van der Waals surface area contributed by atoms with Gasteiger partial charge < -0.3 is 15.0 Å². The second-order valence-electron chi connectivity index (χ2n) is 4.99. The van der Waals surface area contributed by atoms with Crippen LogP contribution >= 0.6 is 0 Å². The third kappa shape index (κ3) is 5.28. The molecule has 2 unspecified atom stereocenters. The first-order chi connectivity index (χ1) is 7.76. The van der Waals surface area contributed by atoms with Gasteiger partial charge in [-0.2, -0.15) is 0 Å². The molecule has 3 nitrogen and oxygen atoms in total. The van der Waals surface area contributed by atoms with Crippen molar-refractivity contribution in [1.29, 1.82) is 0 Å². The Morgan fingerprint density at radius 1 is 1.50 bits per heavy atom. The van der Waals surface area contributed by atoms with E-state index >= 15 is 0 Å². The van der Waals surface area contributed by atoms with Crippen LogP contribution in [0.15, 0.2) is 0 Å². The predicted octanol–water partition coefficient (Wildman–Crippen LogP) is 1.73. The predicted molar refractivity (Wildman–Crippen MR) is 68.8 cm³/mol. The SMILES string of the molecule is CCN1CCCC(CNC(C)CCOC)C1. The van der Waals surface area contributed by atoms with Crippen LogP contribution in [0.3, 0.4) is 0 Å². The fourth-order valence-electron chi connectivity index (χ4n) is 2.37. The van der Waals surface area contributed by atoms with Crippen LogP contribution in [0, 0.1) is 5.92 Å². The molecule has 0 bridgehead atoms. The molecule has 1 heterocycles. The first kappa shape index (κ1) is 13.9. The van der Waals surface area contributed by atoms with Crippen molar-refractivity contribution in [3.63, 3.8) is 0 Å². The molecule has 1 fully saturated rings. The van der Waals surface area contributed by atoms with Gasteiger partial charge in [0.15, 0.2) is 0 Å². The topological polar surface area (TPSA) is 24.5 Å². The number of likely N-dealkylation sites (tertiary alicyclic amines) is 1. The minimum absolute atomic E-state index is 0.581. The van der Waals surface area contributed by atoms with Crippen molar-refractivity contribution < 1.29 is 4.74 Å². The molecule has 1 N–H and O–H groups in total. The molecule has 16 heavy (non-hydrogen) atoms. The number of piperidine rings is 1. The highest BCUT2D eigenvalue weighted by atomic mass is 16.5. The van der Waals surface area contributed by atoms with E-state index in [9.17, 15) is 0 Å². The van der Waals surface area contributed by atoms with Gasteiger partial charge in [0, 0.05) is 26.3 Å². The summed E-state index contributed by atoms with van der Waals surface area (Å²) in [4.78, 5) is 2.57. The summed E-state index contributed by atoms with van der Waals surface area (Å²) in [6.45, 7) is 10.3. The fraction of sp³-hybridized carbons (Fsp3) is 1.00. The number of rotatable bonds is 7. The summed E-state index contributed by atoms with van der Waals surface area (Å²) in [5, 5.41) is 3.63. The largest absolute Gasteiger partial charge is 0.385 e. The minimum Gasteiger partial charge on any atom is -0.385 e. The molecule has 1 aliphatic heterocycles. The molecule has 1 aliphatic rings. The van der Waals surface area contributed by atoms with E-state index in [0.717, 1.165) is 18.9 Å². The van der Waals surface area contributed by atoms with Crippen LogP contribution in [-0.2, 0) is 4.74 Å². The van der Waals surface area contributed by atoms with E-state index in [1.165, 1.54) is 39.0 Å². The van der Waals surface area contributed by atoms with Crippen LogP contribution in [0.2, 0.25) is 0 Å². The van der Waals surface area contributed by atoms with E-state index in [1.54, 1.807) is 7.11 Å². The van der Waals surface area contributed by atoms with Crippen LogP contribution < -0.4 is 5.32 Å². The van der Waals surface area contributed by atoms with E-state index < -0.39 is 0 Å². The van der Waals surface area contributed by atoms with Crippen molar-refractivity contribution in [3.8, 4) is 0 Å². The van der Waals surface area contributed by atoms with Gasteiger partial charge in [0.1, 0.15) is 0 Å². The summed E-state index contributed by atoms with van der Waals surface area (Å²) in [6.07, 6.45) is 3.87. The summed E-state index contributed by atoms with van der Waals surface area (Å²) in [6, 6.07) is 0.581. The molecule has 96 valence electrons. The summed E-state index contributed by atoms with van der Waals surface area (Å²) in [5.41, 5.74) is 0. The fourth-order valence-corrected chi connectivity index (χ4v) is 2.37. The maximum Gasteiger partial charge on any atom is 0.0476 e. The van der Waals surface area contributed by atoms with Gasteiger partial charge in [0.05, 0.1) is 0 Å². The second kappa shape index (κ2) is 8.04. The normalized spacial score (nSPS) is 24.6. The lowest BCUT2D eigenvalue weighted by atomic mass is 9.97. The van der Waals surface area contributed by atoms with Crippen molar-refractivity contribution in [1.82, 2.24) is 10.2 Å². The van der Waals surface area contributed by atoms with Crippen molar-refractivity contribution >= 4 is 0 Å². The molecule has 0 spiro atoms. The highest BCUT2D eigenvalue weighted by Crippen LogP contribution is 2.15. The molecule has 3 heteroatoms. The Kier molecular flexibility index (Phi) is 7.01. The molecule has 0 amide bonds. The number of methoxy groups -OCH3 is 1. The molecule has 0 aromatic carbocycles. The van der Waals surface area contributed by atoms with E-state index in [1.807, 2.05) is 0 Å². The highest BCUT2D eigenvalue weighted by Gasteiger charge is 2.18. The Balaban J connectivity index is 2.11. The maximum atomic E-state index is 5.09. The van der Waals surface area contributed by atoms with Gasteiger partial charge >= 0.3 is 0 Å². The molecule has 1 saturated heterocycles. The van der Waals surface area contributed by atoms with Crippen molar-refractivity contribution in [3.05, 3.63) is 0 Å². The first-order valence-electron chi connectivity index (χ1n) is 6.71. The molecule has 0 aliphatic carbocycles. The van der Waals surface area contributed by atoms with Crippen molar-refractivity contribution in [2.45, 2.75) is 39.2 Å². The van der Waals surface area contributed by atoms with Gasteiger partial charge in [-0.25, -0.2) is 0 Å². The summed E-state index contributed by atoms with van der Waals surface area (Å²) in [7, 11) is 1.77. The zero-order valence-electron chi connectivity index (χ0n) is 11.2. The van der Waals surface area contributed by atoms with Crippen LogP contribution in [-0.4, -0.2) is 50.8 Å². The first-order valence-corrected chi connectivity index (χ1v) is 6.71. The van der Waals surface area contributed by atoms with Crippen LogP contribution in [0.4, 0.5) is 0 Å². The molecule has 1 rings (SSSR count). The quantitative estimate of drug-likeness (QED) is 0.718. The highest BCUT2D eigenvalue weighted by molar-refractivity contribution is 4.75. The monoisotopic (exact) mass is 228 g/mol. The lowest BCUT2D eigenvalue weighted by molar-refractivity contribution is 0.167. The van der Waals surface area contributed by atoms with Gasteiger partial charge in [0.25, 0.3) is 0 Å². The third-order valence-corrected chi connectivity index (χ3v) is 3.56. The van der Waals surface area contributed by atoms with Gasteiger partial charge in [-0.3, -0.25) is 0 Å². The molecule has 0 saturated carbocycles. The van der Waals surface area contributed by atoms with Gasteiger partial charge in [-0.1, -0.05) is 6.92 Å². The Hall–Kier alpha value is -0.120. The van der Waals surface area contributed by atoms with Crippen LogP contribution in [0.5, 0.6) is 0 Å². The Bertz CT molecular complexity index is 175. The summed E-state index contributed by atoms with van der Waals surface area (Å²) < 4.78 is 5.09. The average Bonchev–Trinajstić information content (AvgIpc) is 2.34. The molecule has 2 atom stereocenters. The third-order valence-electron chi connectivity index (χ3n) is 3.56. The number of nitrogens with zero attached hydrogens (tertiary/aromatic N) is 1. The van der Waals surface area contributed by atoms with E-state index in [2.05, 4.69) is 24.1 Å². The van der Waals surface area contributed by atoms with Crippen LogP contribution in [0.1, 0.15) is 33.1 Å². The second-order valence-corrected chi connectivity index (χ2v) is 4.99. The molecular formula is C13H28N2O. The average molecular weight is 228 g/mol. The van der Waals surface area contributed by atoms with E-state index in [4.69, 9.17) is 4.74 Å². The minimum atomic E-state index is 0.581. The van der Waals surface area contributed by atoms with E-state index in [0.29, 0.717) is 6.04 Å². The van der Waals surface area contributed by atoms with Crippen molar-refractivity contribution in [2.75, 3.05) is 39.9 Å². The Labute approximate surface area is 101 Å². The zero-order chi connectivity index (χ0) is 11.8. The molecular weight excluding hydrogens is 200 g/mol. The van der Waals surface area contributed by atoms with Gasteiger partial charge in [0.2, 0.25) is 0 Å². The summed E-state index contributed by atoms with van der Waals surface area (Å²) in [5.74, 6) is 0.846. The lowest BCUT2D eigenvalue weighted by Crippen LogP contribution is -2.41. The van der Waals surface area contributed by atoms with Gasteiger partial charge in [-0.15, -0.1) is 0 Å². The Morgan fingerprint density at radius 3 is 3.00 bits per heavy atom.